The second-order valence-corrected chi connectivity index (χ2v) is 6.98. The number of nitrogens with two attached hydrogens (primary N) is 1. The second-order valence-electron chi connectivity index (χ2n) is 6.15. The van der Waals surface area contributed by atoms with Crippen molar-refractivity contribution in [1.29, 1.82) is 0 Å². The van der Waals surface area contributed by atoms with Gasteiger partial charge in [0.05, 0.1) is 0 Å². The Labute approximate surface area is 156 Å². The predicted octanol–water partition coefficient (Wildman–Crippen LogP) is 0.940. The van der Waals surface area contributed by atoms with Crippen LogP contribution in [0, 0.1) is 0 Å². The van der Waals surface area contributed by atoms with Gasteiger partial charge in [0.15, 0.2) is 11.7 Å². The normalized spacial score (nSPS) is 20.8. The zero-order valence-electron chi connectivity index (χ0n) is 14.6. The maximum Gasteiger partial charge on any atom is 0.269 e. The Morgan fingerprint density at radius 3 is 2.88 bits per heavy atom. The van der Waals surface area contributed by atoms with E-state index in [1.54, 1.807) is 6.20 Å². The van der Waals surface area contributed by atoms with Crippen LogP contribution >= 0.6 is 0 Å². The molecule has 0 radical (unpaired) electrons. The number of hydrogen-bond donors (Lipinski definition) is 2. The molecular formula is C17H24N6O2S. The minimum Gasteiger partial charge on any atom is -0.473 e. The topological polar surface area (TPSA) is 105 Å². The molecular weight excluding hydrogens is 352 g/mol. The van der Waals surface area contributed by atoms with E-state index in [4.69, 9.17) is 10.5 Å². The monoisotopic (exact) mass is 376 g/mol. The minimum atomic E-state index is -1.59. The Morgan fingerprint density at radius 1 is 1.27 bits per heavy atom. The summed E-state index contributed by atoms with van der Waals surface area (Å²) in [6.45, 7) is 4.21. The number of likely N-dealkylation sites (tertiary alicyclic amines) is 1. The molecule has 9 heteroatoms. The maximum atomic E-state index is 11.1. The largest absolute Gasteiger partial charge is 0.473 e. The molecule has 1 aromatic heterocycles. The molecule has 0 bridgehead atoms. The number of ether oxygens (including phenoxy) is 1. The highest BCUT2D eigenvalue weighted by Gasteiger charge is 2.14. The number of aromatic nitrogens is 1. The summed E-state index contributed by atoms with van der Waals surface area (Å²) in [6, 6.07) is 4.04. The fourth-order valence-electron chi connectivity index (χ4n) is 2.84. The Balaban J connectivity index is 1.39. The van der Waals surface area contributed by atoms with E-state index in [1.807, 2.05) is 24.3 Å². The first-order valence-electron chi connectivity index (χ1n) is 8.75. The molecule has 1 aromatic rings. The number of amidine groups is 2. The van der Waals surface area contributed by atoms with Gasteiger partial charge in [0.25, 0.3) is 11.2 Å². The number of hydrogen-bond acceptors (Lipinski definition) is 6. The molecule has 0 aromatic carbocycles. The number of rotatable bonds is 7. The summed E-state index contributed by atoms with van der Waals surface area (Å²) in [7, 11) is 0. The fourth-order valence-corrected chi connectivity index (χ4v) is 3.45. The van der Waals surface area contributed by atoms with Gasteiger partial charge in [-0.1, -0.05) is 12.5 Å². The Morgan fingerprint density at radius 2 is 2.12 bits per heavy atom. The van der Waals surface area contributed by atoms with Gasteiger partial charge in [0.2, 0.25) is 5.88 Å². The van der Waals surface area contributed by atoms with Gasteiger partial charge in [-0.2, -0.15) is 0 Å². The molecule has 0 aliphatic carbocycles. The van der Waals surface area contributed by atoms with Crippen molar-refractivity contribution in [3.05, 3.63) is 36.0 Å². The van der Waals surface area contributed by atoms with E-state index in [9.17, 15) is 4.21 Å². The molecule has 3 heterocycles. The molecule has 26 heavy (non-hydrogen) atoms. The molecule has 0 spiro atoms. The van der Waals surface area contributed by atoms with Crippen LogP contribution in [0.15, 0.2) is 39.3 Å². The number of nitrogens with zero attached hydrogens (tertiary/aromatic N) is 4. The third kappa shape index (κ3) is 5.63. The average molecular weight is 376 g/mol. The van der Waals surface area contributed by atoms with Crippen molar-refractivity contribution in [3.63, 3.8) is 0 Å². The standard InChI is InChI=1S/C17H24N6O2S/c18-16-17(22-26(24)21-16)20-7-2-5-11-25-15-12-14(6-8-19-15)13-23-9-3-1-4-10-23/h2,5-6,8,12H,1,3-4,7,9-11,13H2,(H2,18,21)(H,20,22)/b5-2+. The lowest BCUT2D eigenvalue weighted by Gasteiger charge is -2.26. The lowest BCUT2D eigenvalue weighted by atomic mass is 10.1. The van der Waals surface area contributed by atoms with E-state index in [0.29, 0.717) is 24.9 Å². The summed E-state index contributed by atoms with van der Waals surface area (Å²) in [5, 5.41) is 2.95. The molecule has 3 rings (SSSR count). The predicted molar refractivity (Wildman–Crippen MR) is 103 cm³/mol. The molecule has 3 N–H and O–H groups in total. The van der Waals surface area contributed by atoms with E-state index in [-0.39, 0.29) is 5.84 Å². The molecule has 1 saturated heterocycles. The molecule has 0 amide bonds. The molecule has 0 saturated carbocycles. The third-order valence-electron chi connectivity index (χ3n) is 4.12. The smallest absolute Gasteiger partial charge is 0.269 e. The van der Waals surface area contributed by atoms with Gasteiger partial charge in [-0.05, 0) is 43.6 Å². The van der Waals surface area contributed by atoms with E-state index >= 15 is 0 Å². The van der Waals surface area contributed by atoms with Crippen molar-refractivity contribution in [3.8, 4) is 5.88 Å². The average Bonchev–Trinajstić information content (AvgIpc) is 2.96. The summed E-state index contributed by atoms with van der Waals surface area (Å²) in [5.74, 6) is 1.16. The molecule has 1 fully saturated rings. The molecule has 2 aliphatic heterocycles. The summed E-state index contributed by atoms with van der Waals surface area (Å²) in [4.78, 5) is 6.73. The zero-order valence-corrected chi connectivity index (χ0v) is 15.5. The fraction of sp³-hybridized carbons (Fsp3) is 0.471. The molecule has 8 nitrogen and oxygen atoms in total. The quantitative estimate of drug-likeness (QED) is 0.686. The molecule has 140 valence electrons. The maximum absolute atomic E-state index is 11.1. The van der Waals surface area contributed by atoms with Crippen molar-refractivity contribution in [1.82, 2.24) is 15.2 Å². The van der Waals surface area contributed by atoms with E-state index in [2.05, 4.69) is 24.0 Å². The van der Waals surface area contributed by atoms with Gasteiger partial charge in [0, 0.05) is 25.4 Å². The van der Waals surface area contributed by atoms with Gasteiger partial charge in [-0.3, -0.25) is 4.90 Å². The highest BCUT2D eigenvalue weighted by molar-refractivity contribution is 7.83. The van der Waals surface area contributed by atoms with Crippen molar-refractivity contribution in [2.24, 2.45) is 14.5 Å². The number of piperidine rings is 1. The summed E-state index contributed by atoms with van der Waals surface area (Å²) < 4.78 is 24.1. The Bertz CT molecular complexity index is 728. The lowest BCUT2D eigenvalue weighted by molar-refractivity contribution is 0.220. The van der Waals surface area contributed by atoms with Crippen molar-refractivity contribution in [2.75, 3.05) is 26.2 Å². The van der Waals surface area contributed by atoms with E-state index < -0.39 is 11.2 Å². The first kappa shape index (κ1) is 18.5. The highest BCUT2D eigenvalue weighted by atomic mass is 32.2. The summed E-state index contributed by atoms with van der Waals surface area (Å²) in [5.41, 5.74) is 6.80. The van der Waals surface area contributed by atoms with Crippen LogP contribution in [-0.2, 0) is 17.7 Å². The zero-order chi connectivity index (χ0) is 18.2. The van der Waals surface area contributed by atoms with Crippen LogP contribution in [0.3, 0.4) is 0 Å². The van der Waals surface area contributed by atoms with Crippen LogP contribution < -0.4 is 15.8 Å². The summed E-state index contributed by atoms with van der Waals surface area (Å²) in [6.07, 6.45) is 9.47. The second kappa shape index (κ2) is 9.44. The van der Waals surface area contributed by atoms with Crippen LogP contribution in [0.5, 0.6) is 5.88 Å². The molecule has 2 aliphatic rings. The van der Waals surface area contributed by atoms with Crippen LogP contribution in [0.1, 0.15) is 24.8 Å². The van der Waals surface area contributed by atoms with Crippen LogP contribution in [0.25, 0.3) is 0 Å². The van der Waals surface area contributed by atoms with Crippen molar-refractivity contribution >= 4 is 22.8 Å². The van der Waals surface area contributed by atoms with Crippen LogP contribution in [0.4, 0.5) is 0 Å². The van der Waals surface area contributed by atoms with Crippen LogP contribution in [0.2, 0.25) is 0 Å². The third-order valence-corrected chi connectivity index (χ3v) is 4.82. The first-order valence-corrected chi connectivity index (χ1v) is 9.81. The van der Waals surface area contributed by atoms with E-state index in [0.717, 1.165) is 6.54 Å². The van der Waals surface area contributed by atoms with Gasteiger partial charge >= 0.3 is 0 Å². The Hall–Kier alpha value is -2.26. The molecule has 1 unspecified atom stereocenters. The number of pyridine rings is 1. The van der Waals surface area contributed by atoms with Crippen LogP contribution in [-0.4, -0.2) is 52.0 Å². The highest BCUT2D eigenvalue weighted by Crippen LogP contribution is 2.15. The lowest BCUT2D eigenvalue weighted by Crippen LogP contribution is -2.34. The Kier molecular flexibility index (Phi) is 6.73. The van der Waals surface area contributed by atoms with Gasteiger partial charge in [-0.15, -0.1) is 8.80 Å². The van der Waals surface area contributed by atoms with Gasteiger partial charge in [0.1, 0.15) is 6.61 Å². The summed E-state index contributed by atoms with van der Waals surface area (Å²) >= 11 is -1.59. The SMILES string of the molecule is NC1=NS(=O)N=C1NC/C=C/COc1cc(CN2CCCCC2)ccn1. The van der Waals surface area contributed by atoms with Crippen molar-refractivity contribution < 1.29 is 8.95 Å². The number of nitrogens with one attached hydrogen (secondary N) is 1. The van der Waals surface area contributed by atoms with Gasteiger partial charge in [-0.25, -0.2) is 9.19 Å². The minimum absolute atomic E-state index is 0.169. The molecule has 1 atom stereocenters. The van der Waals surface area contributed by atoms with Gasteiger partial charge < -0.3 is 15.8 Å². The van der Waals surface area contributed by atoms with Crippen molar-refractivity contribution in [2.45, 2.75) is 25.8 Å². The first-order chi connectivity index (χ1) is 12.7. The van der Waals surface area contributed by atoms with E-state index in [1.165, 1.54) is 37.9 Å².